The lowest BCUT2D eigenvalue weighted by atomic mass is 10.1. The number of carboxylic acid groups (broad SMARTS) is 1. The van der Waals surface area contributed by atoms with E-state index in [0.29, 0.717) is 11.5 Å². The van der Waals surface area contributed by atoms with Gasteiger partial charge in [-0.3, -0.25) is 10.0 Å². The summed E-state index contributed by atoms with van der Waals surface area (Å²) in [6.07, 6.45) is -1.17. The second kappa shape index (κ2) is 12.4. The Morgan fingerprint density at radius 1 is 1.06 bits per heavy atom. The maximum absolute atomic E-state index is 13.2. The number of hydrogen-bond acceptors (Lipinski definition) is 7. The van der Waals surface area contributed by atoms with Crippen LogP contribution >= 0.6 is 0 Å². The van der Waals surface area contributed by atoms with Gasteiger partial charge < -0.3 is 19.9 Å². The molecule has 0 aliphatic heterocycles. The first-order valence-electron chi connectivity index (χ1n) is 9.94. The number of rotatable bonds is 11. The molecule has 4 N–H and O–H groups in total. The summed E-state index contributed by atoms with van der Waals surface area (Å²) >= 11 is 0. The fraction of sp³-hybridized carbons (Fsp3) is 0.273. The first kappa shape index (κ1) is 26.5. The normalized spacial score (nSPS) is 11.6. The number of amides is 2. The van der Waals surface area contributed by atoms with Crippen molar-refractivity contribution in [3.05, 3.63) is 54.1 Å². The Morgan fingerprint density at radius 3 is 2.21 bits per heavy atom. The zero-order valence-corrected chi connectivity index (χ0v) is 19.3. The predicted octanol–water partition coefficient (Wildman–Crippen LogP) is 1.60. The second-order valence-electron chi connectivity index (χ2n) is 6.74. The van der Waals surface area contributed by atoms with E-state index >= 15 is 0 Å². The maximum Gasteiger partial charge on any atom is 0.404 e. The van der Waals surface area contributed by atoms with Crippen LogP contribution in [0.1, 0.15) is 18.5 Å². The quantitative estimate of drug-likeness (QED) is 0.160. The van der Waals surface area contributed by atoms with E-state index in [-0.39, 0.29) is 30.2 Å². The molecule has 34 heavy (non-hydrogen) atoms. The van der Waals surface area contributed by atoms with Gasteiger partial charge in [-0.1, -0.05) is 18.1 Å². The van der Waals surface area contributed by atoms with Crippen LogP contribution in [0, 0.1) is 11.8 Å². The van der Waals surface area contributed by atoms with Crippen LogP contribution in [0.2, 0.25) is 0 Å². The highest BCUT2D eigenvalue weighted by atomic mass is 32.2. The van der Waals surface area contributed by atoms with Crippen LogP contribution in [0.25, 0.3) is 0 Å². The summed E-state index contributed by atoms with van der Waals surface area (Å²) in [7, 11) is -2.92. The zero-order valence-electron chi connectivity index (χ0n) is 18.5. The van der Waals surface area contributed by atoms with E-state index in [1.54, 1.807) is 6.92 Å². The first-order valence-corrected chi connectivity index (χ1v) is 11.4. The van der Waals surface area contributed by atoms with Gasteiger partial charge in [0.25, 0.3) is 5.91 Å². The number of carbonyl (C=O) groups is 2. The van der Waals surface area contributed by atoms with E-state index in [1.807, 2.05) is 0 Å². The molecule has 0 aliphatic carbocycles. The Kier molecular flexibility index (Phi) is 9.69. The molecular formula is C22H25N3O8S. The number of hydrogen-bond donors (Lipinski definition) is 4. The van der Waals surface area contributed by atoms with E-state index in [9.17, 15) is 23.2 Å². The molecule has 2 rings (SSSR count). The number of nitrogens with one attached hydrogen (secondary N) is 2. The molecule has 0 saturated carbocycles. The molecule has 182 valence electrons. The van der Waals surface area contributed by atoms with E-state index < -0.39 is 28.1 Å². The summed E-state index contributed by atoms with van der Waals surface area (Å²) in [6, 6.07) is 10.2. The van der Waals surface area contributed by atoms with Gasteiger partial charge in [0.05, 0.1) is 11.4 Å². The number of ether oxygens (including phenoxy) is 2. The minimum Gasteiger partial charge on any atom is -0.492 e. The smallest absolute Gasteiger partial charge is 0.404 e. The SMILES string of the molecule is CC#CCOc1ccc(S(=O)(=O)N(C)C(C(=O)NO)c2ccc(OCCNC(=O)O)cc2)cc1. The monoisotopic (exact) mass is 491 g/mol. The number of benzene rings is 2. The third-order valence-electron chi connectivity index (χ3n) is 4.55. The van der Waals surface area contributed by atoms with Crippen LogP contribution in [0.3, 0.4) is 0 Å². The third kappa shape index (κ3) is 7.11. The largest absolute Gasteiger partial charge is 0.492 e. The van der Waals surface area contributed by atoms with Gasteiger partial charge in [0.1, 0.15) is 30.8 Å². The van der Waals surface area contributed by atoms with Gasteiger partial charge in [0.2, 0.25) is 10.0 Å². The van der Waals surface area contributed by atoms with Crippen molar-refractivity contribution in [2.24, 2.45) is 0 Å². The number of nitrogens with zero attached hydrogens (tertiary/aromatic N) is 1. The Labute approximate surface area is 197 Å². The maximum atomic E-state index is 13.2. The van der Waals surface area contributed by atoms with Gasteiger partial charge in [0, 0.05) is 7.05 Å². The lowest BCUT2D eigenvalue weighted by Crippen LogP contribution is -2.40. The van der Waals surface area contributed by atoms with Crippen molar-refractivity contribution in [3.63, 3.8) is 0 Å². The standard InChI is InChI=1S/C22H25N3O8S/c1-3-4-14-32-18-9-11-19(12-10-18)34(30,31)25(2)20(21(26)24-29)16-5-7-17(8-6-16)33-15-13-23-22(27)28/h5-12,20,23,29H,13-15H2,1-2H3,(H,24,26)(H,27,28). The Morgan fingerprint density at radius 2 is 1.65 bits per heavy atom. The third-order valence-corrected chi connectivity index (χ3v) is 6.39. The van der Waals surface area contributed by atoms with Gasteiger partial charge in [-0.05, 0) is 48.9 Å². The molecule has 0 bridgehead atoms. The minimum absolute atomic E-state index is 0.0729. The van der Waals surface area contributed by atoms with E-state index in [4.69, 9.17) is 14.6 Å². The molecule has 12 heteroatoms. The molecule has 11 nitrogen and oxygen atoms in total. The van der Waals surface area contributed by atoms with Crippen molar-refractivity contribution in [2.75, 3.05) is 26.8 Å². The molecule has 1 unspecified atom stereocenters. The molecular weight excluding hydrogens is 466 g/mol. The summed E-state index contributed by atoms with van der Waals surface area (Å²) in [5, 5.41) is 19.9. The van der Waals surface area contributed by atoms with Gasteiger partial charge in [-0.25, -0.2) is 18.7 Å². The highest BCUT2D eigenvalue weighted by Gasteiger charge is 2.34. The molecule has 2 amide bonds. The van der Waals surface area contributed by atoms with Crippen LogP contribution < -0.4 is 20.3 Å². The topological polar surface area (TPSA) is 154 Å². The van der Waals surface area contributed by atoms with Crippen LogP contribution in [0.15, 0.2) is 53.4 Å². The Hall–Kier alpha value is -3.79. The van der Waals surface area contributed by atoms with Crippen molar-refractivity contribution in [1.29, 1.82) is 0 Å². The first-order chi connectivity index (χ1) is 16.2. The van der Waals surface area contributed by atoms with E-state index in [2.05, 4.69) is 17.2 Å². The van der Waals surface area contributed by atoms with Crippen molar-refractivity contribution in [2.45, 2.75) is 17.9 Å². The molecule has 0 radical (unpaired) electrons. The summed E-state index contributed by atoms with van der Waals surface area (Å²) in [6.45, 7) is 1.99. The highest BCUT2D eigenvalue weighted by molar-refractivity contribution is 7.89. The van der Waals surface area contributed by atoms with Crippen molar-refractivity contribution >= 4 is 22.0 Å². The van der Waals surface area contributed by atoms with Crippen LogP contribution in [-0.2, 0) is 14.8 Å². The fourth-order valence-electron chi connectivity index (χ4n) is 2.87. The van der Waals surface area contributed by atoms with E-state index in [1.165, 1.54) is 61.1 Å². The number of likely N-dealkylation sites (N-methyl/N-ethyl adjacent to an activating group) is 1. The van der Waals surface area contributed by atoms with Crippen molar-refractivity contribution in [3.8, 4) is 23.3 Å². The molecule has 0 fully saturated rings. The fourth-order valence-corrected chi connectivity index (χ4v) is 4.17. The minimum atomic E-state index is -4.14. The van der Waals surface area contributed by atoms with Gasteiger partial charge >= 0.3 is 6.09 Å². The average Bonchev–Trinajstić information content (AvgIpc) is 2.83. The van der Waals surface area contributed by atoms with E-state index in [0.717, 1.165) is 4.31 Å². The Bertz CT molecular complexity index is 1140. The number of sulfonamides is 1. The lowest BCUT2D eigenvalue weighted by Gasteiger charge is -2.26. The molecule has 0 heterocycles. The lowest BCUT2D eigenvalue weighted by molar-refractivity contribution is -0.133. The van der Waals surface area contributed by atoms with Gasteiger partial charge in [-0.15, -0.1) is 5.92 Å². The second-order valence-corrected chi connectivity index (χ2v) is 8.73. The molecule has 2 aromatic carbocycles. The van der Waals surface area contributed by atoms with Crippen molar-refractivity contribution in [1.82, 2.24) is 15.1 Å². The zero-order chi connectivity index (χ0) is 25.1. The molecule has 0 aromatic heterocycles. The molecule has 0 saturated heterocycles. The van der Waals surface area contributed by atoms with Crippen molar-refractivity contribution < 1.29 is 37.8 Å². The molecule has 2 aromatic rings. The van der Waals surface area contributed by atoms with Gasteiger partial charge in [0.15, 0.2) is 0 Å². The highest BCUT2D eigenvalue weighted by Crippen LogP contribution is 2.28. The Balaban J connectivity index is 2.20. The number of carbonyl (C=O) groups excluding carboxylic acids is 1. The molecule has 0 spiro atoms. The summed E-state index contributed by atoms with van der Waals surface area (Å²) in [5.74, 6) is 5.28. The number of hydroxylamine groups is 1. The average molecular weight is 492 g/mol. The predicted molar refractivity (Wildman–Crippen MR) is 121 cm³/mol. The van der Waals surface area contributed by atoms with Crippen LogP contribution in [-0.4, -0.2) is 61.8 Å². The summed E-state index contributed by atoms with van der Waals surface area (Å²) < 4.78 is 37.9. The molecule has 1 atom stereocenters. The summed E-state index contributed by atoms with van der Waals surface area (Å²) in [4.78, 5) is 22.8. The van der Waals surface area contributed by atoms with Crippen LogP contribution in [0.5, 0.6) is 11.5 Å². The van der Waals surface area contributed by atoms with Gasteiger partial charge in [-0.2, -0.15) is 4.31 Å². The van der Waals surface area contributed by atoms with Crippen LogP contribution in [0.4, 0.5) is 4.79 Å². The molecule has 0 aliphatic rings. The summed E-state index contributed by atoms with van der Waals surface area (Å²) in [5.41, 5.74) is 1.77.